The number of benzene rings is 2. The van der Waals surface area contributed by atoms with Crippen LogP contribution in [0.3, 0.4) is 0 Å². The third-order valence-corrected chi connectivity index (χ3v) is 4.41. The minimum absolute atomic E-state index is 0.0155. The van der Waals surface area contributed by atoms with Gasteiger partial charge in [0.1, 0.15) is 6.04 Å². The molecule has 0 saturated heterocycles. The fraction of sp³-hybridized carbons (Fsp3) is 0.364. The molecule has 0 aliphatic rings. The van der Waals surface area contributed by atoms with E-state index in [4.69, 9.17) is 9.47 Å². The molecule has 0 heterocycles. The Bertz CT molecular complexity index is 839. The summed E-state index contributed by atoms with van der Waals surface area (Å²) >= 11 is 0. The van der Waals surface area contributed by atoms with E-state index in [1.54, 1.807) is 44.4 Å². The Hall–Kier alpha value is -3.02. The van der Waals surface area contributed by atoms with Gasteiger partial charge in [-0.05, 0) is 42.2 Å². The Labute approximate surface area is 166 Å². The van der Waals surface area contributed by atoms with Crippen molar-refractivity contribution in [2.24, 2.45) is 0 Å². The van der Waals surface area contributed by atoms with Gasteiger partial charge in [0, 0.05) is 17.3 Å². The molecule has 0 aliphatic carbocycles. The zero-order chi connectivity index (χ0) is 20.9. The molecule has 2 N–H and O–H groups in total. The normalized spacial score (nSPS) is 12.1. The van der Waals surface area contributed by atoms with E-state index in [1.807, 2.05) is 12.1 Å². The molecule has 1 atom stereocenters. The van der Waals surface area contributed by atoms with Crippen LogP contribution in [0.15, 0.2) is 42.5 Å². The molecule has 6 nitrogen and oxygen atoms in total. The Morgan fingerprint density at radius 1 is 0.929 bits per heavy atom. The van der Waals surface area contributed by atoms with Crippen LogP contribution in [-0.4, -0.2) is 32.1 Å². The van der Waals surface area contributed by atoms with Gasteiger partial charge in [0.2, 0.25) is 5.91 Å². The molecule has 2 amide bonds. The number of nitrogens with one attached hydrogen (secondary N) is 2. The van der Waals surface area contributed by atoms with Crippen LogP contribution in [0.1, 0.15) is 43.6 Å². The summed E-state index contributed by atoms with van der Waals surface area (Å²) < 4.78 is 10.4. The number of ether oxygens (including phenoxy) is 2. The predicted octanol–water partition coefficient (Wildman–Crippen LogP) is 3.76. The van der Waals surface area contributed by atoms with Crippen LogP contribution in [-0.2, 0) is 10.2 Å². The topological polar surface area (TPSA) is 76.7 Å². The monoisotopic (exact) mass is 384 g/mol. The van der Waals surface area contributed by atoms with E-state index in [-0.39, 0.29) is 17.2 Å². The lowest BCUT2D eigenvalue weighted by Gasteiger charge is -2.19. The second-order valence-corrected chi connectivity index (χ2v) is 7.58. The zero-order valence-electron chi connectivity index (χ0n) is 17.3. The van der Waals surface area contributed by atoms with Crippen LogP contribution in [0.5, 0.6) is 11.5 Å². The Kier molecular flexibility index (Phi) is 6.67. The Morgan fingerprint density at radius 2 is 1.54 bits per heavy atom. The standard InChI is InChI=1S/C22H28N2O4/c1-14(20(25)24-17-11-12-18(27-5)19(13-17)28-6)23-21(26)15-7-9-16(10-8-15)22(2,3)4/h7-14H,1-6H3,(H,23,26)(H,24,25)/t14-/m0/s1. The summed E-state index contributed by atoms with van der Waals surface area (Å²) in [5.74, 6) is 0.457. The highest BCUT2D eigenvalue weighted by Crippen LogP contribution is 2.29. The van der Waals surface area contributed by atoms with Gasteiger partial charge >= 0.3 is 0 Å². The first-order valence-electron chi connectivity index (χ1n) is 9.10. The number of carbonyl (C=O) groups is 2. The number of hydrogen-bond acceptors (Lipinski definition) is 4. The third-order valence-electron chi connectivity index (χ3n) is 4.41. The van der Waals surface area contributed by atoms with E-state index < -0.39 is 6.04 Å². The summed E-state index contributed by atoms with van der Waals surface area (Å²) in [5.41, 5.74) is 2.22. The van der Waals surface area contributed by atoms with Gasteiger partial charge in [0.05, 0.1) is 14.2 Å². The number of carbonyl (C=O) groups excluding carboxylic acids is 2. The zero-order valence-corrected chi connectivity index (χ0v) is 17.3. The van der Waals surface area contributed by atoms with Crippen molar-refractivity contribution < 1.29 is 19.1 Å². The second kappa shape index (κ2) is 8.78. The van der Waals surface area contributed by atoms with Crippen molar-refractivity contribution in [1.29, 1.82) is 0 Å². The van der Waals surface area contributed by atoms with E-state index in [1.165, 1.54) is 7.11 Å². The maximum absolute atomic E-state index is 12.4. The van der Waals surface area contributed by atoms with E-state index in [0.717, 1.165) is 5.56 Å². The Balaban J connectivity index is 2.01. The van der Waals surface area contributed by atoms with Crippen LogP contribution in [0, 0.1) is 0 Å². The van der Waals surface area contributed by atoms with Gasteiger partial charge in [-0.1, -0.05) is 32.9 Å². The van der Waals surface area contributed by atoms with Crippen LogP contribution >= 0.6 is 0 Å². The number of amides is 2. The van der Waals surface area contributed by atoms with Crippen molar-refractivity contribution >= 4 is 17.5 Å². The first-order valence-corrected chi connectivity index (χ1v) is 9.10. The predicted molar refractivity (Wildman–Crippen MR) is 110 cm³/mol. The molecule has 2 aromatic carbocycles. The molecule has 0 radical (unpaired) electrons. The smallest absolute Gasteiger partial charge is 0.251 e. The fourth-order valence-corrected chi connectivity index (χ4v) is 2.63. The summed E-state index contributed by atoms with van der Waals surface area (Å²) in [5, 5.41) is 5.48. The molecule has 0 saturated carbocycles. The van der Waals surface area contributed by atoms with Crippen molar-refractivity contribution in [2.75, 3.05) is 19.5 Å². The second-order valence-electron chi connectivity index (χ2n) is 7.58. The first kappa shape index (κ1) is 21.3. The van der Waals surface area contributed by atoms with Gasteiger partial charge in [-0.2, -0.15) is 0 Å². The van der Waals surface area contributed by atoms with Crippen molar-refractivity contribution in [3.8, 4) is 11.5 Å². The molecule has 0 aliphatic heterocycles. The average Bonchev–Trinajstić information content (AvgIpc) is 2.67. The molecule has 0 fully saturated rings. The summed E-state index contributed by atoms with van der Waals surface area (Å²) in [6, 6.07) is 11.8. The van der Waals surface area contributed by atoms with Crippen LogP contribution in [0.25, 0.3) is 0 Å². The summed E-state index contributed by atoms with van der Waals surface area (Å²) in [6.07, 6.45) is 0. The van der Waals surface area contributed by atoms with E-state index in [9.17, 15) is 9.59 Å². The van der Waals surface area contributed by atoms with E-state index >= 15 is 0 Å². The minimum atomic E-state index is -0.706. The molecule has 0 bridgehead atoms. The largest absolute Gasteiger partial charge is 0.493 e. The van der Waals surface area contributed by atoms with Crippen molar-refractivity contribution in [3.05, 3.63) is 53.6 Å². The number of methoxy groups -OCH3 is 2. The summed E-state index contributed by atoms with van der Waals surface area (Å²) in [4.78, 5) is 24.9. The van der Waals surface area contributed by atoms with Gasteiger partial charge < -0.3 is 20.1 Å². The average molecular weight is 384 g/mol. The van der Waals surface area contributed by atoms with Crippen molar-refractivity contribution in [2.45, 2.75) is 39.2 Å². The number of anilines is 1. The molecular weight excluding hydrogens is 356 g/mol. The van der Waals surface area contributed by atoms with Gasteiger partial charge in [-0.15, -0.1) is 0 Å². The van der Waals surface area contributed by atoms with Crippen LogP contribution in [0.4, 0.5) is 5.69 Å². The first-order chi connectivity index (χ1) is 13.2. The lowest BCUT2D eigenvalue weighted by Crippen LogP contribution is -2.41. The van der Waals surface area contributed by atoms with Crippen molar-refractivity contribution in [1.82, 2.24) is 5.32 Å². The molecule has 0 aromatic heterocycles. The fourth-order valence-electron chi connectivity index (χ4n) is 2.63. The Morgan fingerprint density at radius 3 is 2.07 bits per heavy atom. The van der Waals surface area contributed by atoms with Gasteiger partial charge in [0.15, 0.2) is 11.5 Å². The highest BCUT2D eigenvalue weighted by Gasteiger charge is 2.19. The molecule has 28 heavy (non-hydrogen) atoms. The molecule has 2 aromatic rings. The molecule has 150 valence electrons. The molecule has 6 heteroatoms. The van der Waals surface area contributed by atoms with E-state index in [2.05, 4.69) is 31.4 Å². The molecule has 0 spiro atoms. The van der Waals surface area contributed by atoms with E-state index in [0.29, 0.717) is 22.7 Å². The molecule has 0 unspecified atom stereocenters. The maximum Gasteiger partial charge on any atom is 0.251 e. The SMILES string of the molecule is COc1ccc(NC(=O)[C@H](C)NC(=O)c2ccc(C(C)(C)C)cc2)cc1OC. The highest BCUT2D eigenvalue weighted by molar-refractivity contribution is 6.01. The van der Waals surface area contributed by atoms with Crippen LogP contribution in [0.2, 0.25) is 0 Å². The summed E-state index contributed by atoms with van der Waals surface area (Å²) in [7, 11) is 3.07. The lowest BCUT2D eigenvalue weighted by molar-refractivity contribution is -0.117. The van der Waals surface area contributed by atoms with Gasteiger partial charge in [-0.3, -0.25) is 9.59 Å². The van der Waals surface area contributed by atoms with Crippen molar-refractivity contribution in [3.63, 3.8) is 0 Å². The maximum atomic E-state index is 12.4. The lowest BCUT2D eigenvalue weighted by atomic mass is 9.86. The number of rotatable bonds is 6. The van der Waals surface area contributed by atoms with Gasteiger partial charge in [-0.25, -0.2) is 0 Å². The minimum Gasteiger partial charge on any atom is -0.493 e. The van der Waals surface area contributed by atoms with Gasteiger partial charge in [0.25, 0.3) is 5.91 Å². The number of hydrogen-bond donors (Lipinski definition) is 2. The third kappa shape index (κ3) is 5.25. The highest BCUT2D eigenvalue weighted by atomic mass is 16.5. The quantitative estimate of drug-likeness (QED) is 0.795. The molecule has 2 rings (SSSR count). The molecular formula is C22H28N2O4. The van der Waals surface area contributed by atoms with Crippen LogP contribution < -0.4 is 20.1 Å². The summed E-state index contributed by atoms with van der Waals surface area (Å²) in [6.45, 7) is 7.98.